The second kappa shape index (κ2) is 6.56. The fourth-order valence-electron chi connectivity index (χ4n) is 3.74. The Kier molecular flexibility index (Phi) is 3.99. The Balaban J connectivity index is 1.59. The van der Waals surface area contributed by atoms with Crippen molar-refractivity contribution in [1.82, 2.24) is 9.58 Å². The minimum absolute atomic E-state index is 0.0526. The van der Waals surface area contributed by atoms with Gasteiger partial charge in [-0.25, -0.2) is 0 Å². The number of benzene rings is 2. The molecule has 1 aromatic heterocycles. The van der Waals surface area contributed by atoms with Crippen LogP contribution in [0.25, 0.3) is 22.5 Å². The van der Waals surface area contributed by atoms with E-state index >= 15 is 0 Å². The number of thioether (sulfide) groups is 1. The molecule has 0 bridgehead atoms. The summed E-state index contributed by atoms with van der Waals surface area (Å²) in [5, 5.41) is 16.7. The van der Waals surface area contributed by atoms with E-state index in [-0.39, 0.29) is 11.4 Å². The van der Waals surface area contributed by atoms with Crippen molar-refractivity contribution in [2.45, 2.75) is 13.8 Å². The zero-order chi connectivity index (χ0) is 20.1. The monoisotopic (exact) mass is 399 g/mol. The van der Waals surface area contributed by atoms with Crippen molar-refractivity contribution in [3.63, 3.8) is 0 Å². The first-order valence-corrected chi connectivity index (χ1v) is 10.0. The smallest absolute Gasteiger partial charge is 0.283 e. The van der Waals surface area contributed by atoms with E-state index in [9.17, 15) is 4.79 Å². The minimum Gasteiger partial charge on any atom is -0.318 e. The topological polar surface area (TPSA) is 73.8 Å². The third-order valence-electron chi connectivity index (χ3n) is 5.16. The van der Waals surface area contributed by atoms with Crippen LogP contribution in [0.2, 0.25) is 0 Å². The van der Waals surface area contributed by atoms with Crippen LogP contribution in [0.4, 0.5) is 0 Å². The lowest BCUT2D eigenvalue weighted by Crippen LogP contribution is -2.35. The molecule has 3 heterocycles. The van der Waals surface area contributed by atoms with Crippen LogP contribution in [-0.2, 0) is 4.79 Å². The zero-order valence-electron chi connectivity index (χ0n) is 15.9. The summed E-state index contributed by atoms with van der Waals surface area (Å²) in [5.74, 6) is -0.355. The highest BCUT2D eigenvalue weighted by Gasteiger charge is 2.32. The summed E-state index contributed by atoms with van der Waals surface area (Å²) in [6, 6.07) is 16.7. The van der Waals surface area contributed by atoms with Crippen LogP contribution in [0, 0.1) is 19.3 Å². The third-order valence-corrected chi connectivity index (χ3v) is 5.83. The van der Waals surface area contributed by atoms with Gasteiger partial charge in [0.1, 0.15) is 0 Å². The van der Waals surface area contributed by atoms with Crippen LogP contribution < -0.4 is 0 Å². The number of amides is 1. The van der Waals surface area contributed by atoms with Crippen LogP contribution in [-0.4, -0.2) is 32.0 Å². The summed E-state index contributed by atoms with van der Waals surface area (Å²) < 4.78 is 2.16. The van der Waals surface area contributed by atoms with E-state index in [0.717, 1.165) is 22.6 Å². The molecule has 7 heteroatoms. The predicted molar refractivity (Wildman–Crippen MR) is 119 cm³/mol. The molecule has 1 amide bonds. The quantitative estimate of drug-likeness (QED) is 0.645. The summed E-state index contributed by atoms with van der Waals surface area (Å²) in [4.78, 5) is 16.5. The second-order valence-electron chi connectivity index (χ2n) is 6.95. The Bertz CT molecular complexity index is 1300. The van der Waals surface area contributed by atoms with Crippen molar-refractivity contribution in [2.24, 2.45) is 10.1 Å². The molecule has 0 atom stereocenters. The van der Waals surface area contributed by atoms with Crippen molar-refractivity contribution in [1.29, 1.82) is 5.41 Å². The minimum atomic E-state index is -0.408. The molecule has 0 saturated carbocycles. The molecule has 142 valence electrons. The van der Waals surface area contributed by atoms with E-state index in [1.165, 1.54) is 27.5 Å². The maximum Gasteiger partial charge on any atom is 0.283 e. The number of nitrogens with one attached hydrogen (secondary N) is 1. The van der Waals surface area contributed by atoms with Crippen LogP contribution in [0.5, 0.6) is 0 Å². The number of hydrazone groups is 1. The number of carbonyl (C=O) groups excluding carboxylic acids is 1. The Morgan fingerprint density at radius 1 is 1.07 bits per heavy atom. The number of aliphatic imine (C=N–C) groups is 1. The number of aromatic nitrogens is 1. The van der Waals surface area contributed by atoms with Crippen LogP contribution >= 0.6 is 11.8 Å². The van der Waals surface area contributed by atoms with E-state index < -0.39 is 5.91 Å². The lowest BCUT2D eigenvalue weighted by Gasteiger charge is -2.20. The molecule has 2 aliphatic heterocycles. The fourth-order valence-corrected chi connectivity index (χ4v) is 4.35. The highest BCUT2D eigenvalue weighted by molar-refractivity contribution is 8.25. The molecule has 0 spiro atoms. The van der Waals surface area contributed by atoms with Gasteiger partial charge in [0.05, 0.1) is 11.1 Å². The molecule has 0 radical (unpaired) electrons. The van der Waals surface area contributed by atoms with Gasteiger partial charge in [-0.15, -0.1) is 0 Å². The average Bonchev–Trinajstić information content (AvgIpc) is 3.29. The van der Waals surface area contributed by atoms with E-state index in [1.807, 2.05) is 32.0 Å². The largest absolute Gasteiger partial charge is 0.318 e. The van der Waals surface area contributed by atoms with Gasteiger partial charge in [0.2, 0.25) is 0 Å². The first kappa shape index (κ1) is 17.6. The molecule has 6 nitrogen and oxygen atoms in total. The van der Waals surface area contributed by atoms with Crippen LogP contribution in [0.3, 0.4) is 0 Å². The first-order chi connectivity index (χ1) is 14.0. The lowest BCUT2D eigenvalue weighted by atomic mass is 10.1. The molecule has 5 rings (SSSR count). The first-order valence-electron chi connectivity index (χ1n) is 9.14. The van der Waals surface area contributed by atoms with Crippen molar-refractivity contribution < 1.29 is 4.79 Å². The summed E-state index contributed by atoms with van der Waals surface area (Å²) in [6.45, 7) is 4.06. The van der Waals surface area contributed by atoms with Crippen LogP contribution in [0.15, 0.2) is 64.2 Å². The molecular formula is C22H17N5OS. The fraction of sp³-hybridized carbons (Fsp3) is 0.0909. The summed E-state index contributed by atoms with van der Waals surface area (Å²) in [7, 11) is 0. The number of nitrogens with zero attached hydrogens (tertiary/aromatic N) is 4. The zero-order valence-corrected chi connectivity index (χ0v) is 16.7. The number of carbonyl (C=O) groups is 1. The van der Waals surface area contributed by atoms with Gasteiger partial charge in [0, 0.05) is 17.1 Å². The van der Waals surface area contributed by atoms with Crippen molar-refractivity contribution in [3.8, 4) is 5.69 Å². The molecule has 0 saturated heterocycles. The van der Waals surface area contributed by atoms with Crippen molar-refractivity contribution >= 4 is 51.1 Å². The van der Waals surface area contributed by atoms with E-state index in [1.54, 1.807) is 11.6 Å². The predicted octanol–water partition coefficient (Wildman–Crippen LogP) is 4.50. The van der Waals surface area contributed by atoms with Crippen molar-refractivity contribution in [3.05, 3.63) is 71.1 Å². The molecule has 1 N–H and O–H groups in total. The summed E-state index contributed by atoms with van der Waals surface area (Å²) in [5.41, 5.74) is 5.83. The number of amidine groups is 2. The third kappa shape index (κ3) is 2.82. The maximum atomic E-state index is 12.5. The van der Waals surface area contributed by atoms with E-state index in [4.69, 9.17) is 5.41 Å². The van der Waals surface area contributed by atoms with Gasteiger partial charge in [-0.3, -0.25) is 10.2 Å². The van der Waals surface area contributed by atoms with Gasteiger partial charge in [-0.1, -0.05) is 30.3 Å². The average molecular weight is 399 g/mol. The number of aryl methyl sites for hydroxylation is 1. The maximum absolute atomic E-state index is 12.5. The standard InChI is InChI=1S/C22H17N5OS/c1-13-9-17(11-19-20(23)27-22(25-21(19)28)29-12-24-27)14(2)26(13)18-8-7-15-5-3-4-6-16(15)10-18/h3-12,23H,1-2H3/b19-11-,23-20?. The van der Waals surface area contributed by atoms with Gasteiger partial charge in [-0.05, 0) is 66.2 Å². The Morgan fingerprint density at radius 3 is 2.69 bits per heavy atom. The molecule has 0 unspecified atom stereocenters. The normalized spacial score (nSPS) is 17.4. The molecule has 2 aromatic carbocycles. The molecular weight excluding hydrogens is 382 g/mol. The Morgan fingerprint density at radius 2 is 1.86 bits per heavy atom. The van der Waals surface area contributed by atoms with Gasteiger partial charge < -0.3 is 4.57 Å². The summed E-state index contributed by atoms with van der Waals surface area (Å²) in [6.07, 6.45) is 1.74. The van der Waals surface area contributed by atoms with Gasteiger partial charge in [-0.2, -0.15) is 15.1 Å². The van der Waals surface area contributed by atoms with E-state index in [0.29, 0.717) is 5.17 Å². The van der Waals surface area contributed by atoms with Crippen LogP contribution in [0.1, 0.15) is 17.0 Å². The number of rotatable bonds is 2. The van der Waals surface area contributed by atoms with E-state index in [2.05, 4.69) is 45.0 Å². The molecule has 0 fully saturated rings. The Labute approximate surface area is 171 Å². The van der Waals surface area contributed by atoms with Gasteiger partial charge in [0.25, 0.3) is 5.91 Å². The number of hydrogen-bond donors (Lipinski definition) is 1. The summed E-state index contributed by atoms with van der Waals surface area (Å²) >= 11 is 1.24. The lowest BCUT2D eigenvalue weighted by molar-refractivity contribution is -0.114. The number of hydrogen-bond acceptors (Lipinski definition) is 4. The second-order valence-corrected chi connectivity index (χ2v) is 7.76. The molecule has 3 aromatic rings. The van der Waals surface area contributed by atoms with Gasteiger partial charge in [0.15, 0.2) is 11.0 Å². The highest BCUT2D eigenvalue weighted by atomic mass is 32.2. The van der Waals surface area contributed by atoms with Gasteiger partial charge >= 0.3 is 0 Å². The number of fused-ring (bicyclic) bond motifs is 2. The SMILES string of the molecule is Cc1cc(/C=C2/C(=N)N3N=CSC3=NC2=O)c(C)n1-c1ccc2ccccc2c1. The Hall–Kier alpha value is -3.45. The molecule has 29 heavy (non-hydrogen) atoms. The highest BCUT2D eigenvalue weighted by Crippen LogP contribution is 2.28. The molecule has 0 aliphatic carbocycles. The molecule has 2 aliphatic rings. The van der Waals surface area contributed by atoms with Crippen molar-refractivity contribution in [2.75, 3.05) is 0 Å².